The van der Waals surface area contributed by atoms with Gasteiger partial charge in [0.1, 0.15) is 0 Å². The Labute approximate surface area is 88.5 Å². The lowest BCUT2D eigenvalue weighted by molar-refractivity contribution is 0.167. The molecule has 1 aromatic rings. The molecule has 0 aromatic carbocycles. The van der Waals surface area contributed by atoms with Gasteiger partial charge in [-0.25, -0.2) is 4.98 Å². The summed E-state index contributed by atoms with van der Waals surface area (Å²) in [6.45, 7) is 1.49. The number of aromatic nitrogens is 1. The number of rotatable bonds is 6. The van der Waals surface area contributed by atoms with Gasteiger partial charge in [0.05, 0.1) is 18.2 Å². The Kier molecular flexibility index (Phi) is 6.06. The molecular formula is C9H13NOS2. The molecule has 1 aromatic heterocycles. The number of pyridine rings is 1. The minimum absolute atomic E-state index is 0.728. The van der Waals surface area contributed by atoms with E-state index in [1.165, 1.54) is 0 Å². The fourth-order valence-corrected chi connectivity index (χ4v) is 1.65. The van der Waals surface area contributed by atoms with Gasteiger partial charge in [0, 0.05) is 17.7 Å². The third kappa shape index (κ3) is 5.18. The molecule has 0 fully saturated rings. The van der Waals surface area contributed by atoms with Crippen LogP contribution in [0.1, 0.15) is 0 Å². The summed E-state index contributed by atoms with van der Waals surface area (Å²) < 4.78 is 5.28. The third-order valence-corrected chi connectivity index (χ3v) is 2.44. The van der Waals surface area contributed by atoms with Crippen LogP contribution in [0.25, 0.3) is 0 Å². The van der Waals surface area contributed by atoms with Crippen molar-refractivity contribution in [2.45, 2.75) is 5.03 Å². The number of hydrogen-bond acceptors (Lipinski definition) is 4. The number of ether oxygens (including phenoxy) is 1. The Bertz CT molecular complexity index is 218. The molecule has 0 atom stereocenters. The lowest BCUT2D eigenvalue weighted by Gasteiger charge is -2.01. The molecule has 0 aliphatic heterocycles. The number of thioether (sulfide) groups is 1. The van der Waals surface area contributed by atoms with Crippen LogP contribution in [0.3, 0.4) is 0 Å². The highest BCUT2D eigenvalue weighted by atomic mass is 32.2. The van der Waals surface area contributed by atoms with Gasteiger partial charge in [-0.05, 0) is 12.1 Å². The summed E-state index contributed by atoms with van der Waals surface area (Å²) in [6.07, 6.45) is 1.80. The monoisotopic (exact) mass is 215 g/mol. The Morgan fingerprint density at radius 1 is 1.38 bits per heavy atom. The molecule has 0 radical (unpaired) electrons. The van der Waals surface area contributed by atoms with Crippen LogP contribution < -0.4 is 0 Å². The van der Waals surface area contributed by atoms with E-state index in [-0.39, 0.29) is 0 Å². The van der Waals surface area contributed by atoms with Crippen LogP contribution in [-0.4, -0.2) is 29.7 Å². The van der Waals surface area contributed by atoms with E-state index in [4.69, 9.17) is 4.74 Å². The highest BCUT2D eigenvalue weighted by molar-refractivity contribution is 7.99. The zero-order valence-corrected chi connectivity index (χ0v) is 9.06. The van der Waals surface area contributed by atoms with Crippen molar-refractivity contribution in [1.82, 2.24) is 4.98 Å². The molecule has 0 aliphatic rings. The fourth-order valence-electron chi connectivity index (χ4n) is 0.804. The Morgan fingerprint density at radius 2 is 2.31 bits per heavy atom. The predicted molar refractivity (Wildman–Crippen MR) is 59.6 cm³/mol. The Balaban J connectivity index is 2.07. The van der Waals surface area contributed by atoms with Crippen molar-refractivity contribution in [2.75, 3.05) is 24.7 Å². The van der Waals surface area contributed by atoms with Crippen LogP contribution in [0.2, 0.25) is 0 Å². The molecule has 1 heterocycles. The van der Waals surface area contributed by atoms with E-state index in [0.29, 0.717) is 0 Å². The number of nitrogens with zero attached hydrogens (tertiary/aromatic N) is 1. The molecule has 0 N–H and O–H groups in total. The van der Waals surface area contributed by atoms with E-state index in [1.807, 2.05) is 18.2 Å². The molecule has 0 aliphatic carbocycles. The minimum atomic E-state index is 0.728. The minimum Gasteiger partial charge on any atom is -0.380 e. The summed E-state index contributed by atoms with van der Waals surface area (Å²) in [5.41, 5.74) is 0. The first-order valence-electron chi connectivity index (χ1n) is 4.16. The van der Waals surface area contributed by atoms with Crippen LogP contribution >= 0.6 is 24.4 Å². The van der Waals surface area contributed by atoms with Crippen LogP contribution in [0.4, 0.5) is 0 Å². The van der Waals surface area contributed by atoms with Crippen LogP contribution in [0.15, 0.2) is 29.4 Å². The van der Waals surface area contributed by atoms with Gasteiger partial charge in [-0.3, -0.25) is 0 Å². The van der Waals surface area contributed by atoms with E-state index < -0.39 is 0 Å². The van der Waals surface area contributed by atoms with Gasteiger partial charge in [0.15, 0.2) is 0 Å². The molecule has 0 saturated heterocycles. The van der Waals surface area contributed by atoms with E-state index in [9.17, 15) is 0 Å². The van der Waals surface area contributed by atoms with E-state index in [1.54, 1.807) is 18.0 Å². The molecular weight excluding hydrogens is 202 g/mol. The third-order valence-electron chi connectivity index (χ3n) is 1.35. The van der Waals surface area contributed by atoms with Crippen LogP contribution in [0, 0.1) is 0 Å². The van der Waals surface area contributed by atoms with Gasteiger partial charge in [0.25, 0.3) is 0 Å². The molecule has 0 amide bonds. The second-order valence-corrected chi connectivity index (χ2v) is 3.91. The zero-order valence-electron chi connectivity index (χ0n) is 7.35. The maximum atomic E-state index is 5.28. The summed E-state index contributed by atoms with van der Waals surface area (Å²) in [5.74, 6) is 1.74. The standard InChI is InChI=1S/C9H13NOS2/c12-7-5-11-6-8-13-9-3-1-2-4-10-9/h1-4,12H,5-8H2. The number of thiol groups is 1. The van der Waals surface area contributed by atoms with Crippen molar-refractivity contribution in [3.63, 3.8) is 0 Å². The first-order valence-corrected chi connectivity index (χ1v) is 5.77. The van der Waals surface area contributed by atoms with Crippen molar-refractivity contribution in [2.24, 2.45) is 0 Å². The molecule has 13 heavy (non-hydrogen) atoms. The highest BCUT2D eigenvalue weighted by Crippen LogP contribution is 2.12. The Morgan fingerprint density at radius 3 is 3.00 bits per heavy atom. The smallest absolute Gasteiger partial charge is 0.0960 e. The topological polar surface area (TPSA) is 22.1 Å². The van der Waals surface area contributed by atoms with Gasteiger partial charge in [-0.15, -0.1) is 11.8 Å². The van der Waals surface area contributed by atoms with Crippen molar-refractivity contribution >= 4 is 24.4 Å². The highest BCUT2D eigenvalue weighted by Gasteiger charge is 1.93. The predicted octanol–water partition coefficient (Wildman–Crippen LogP) is 2.12. The van der Waals surface area contributed by atoms with Crippen molar-refractivity contribution in [3.05, 3.63) is 24.4 Å². The normalized spacial score (nSPS) is 10.2. The molecule has 0 bridgehead atoms. The first-order chi connectivity index (χ1) is 6.43. The largest absolute Gasteiger partial charge is 0.380 e. The van der Waals surface area contributed by atoms with Crippen LogP contribution in [-0.2, 0) is 4.74 Å². The SMILES string of the molecule is SCCOCCSc1ccccn1. The van der Waals surface area contributed by atoms with E-state index in [2.05, 4.69) is 17.6 Å². The summed E-state index contributed by atoms with van der Waals surface area (Å²) in [6, 6.07) is 5.91. The van der Waals surface area contributed by atoms with Crippen molar-refractivity contribution in [3.8, 4) is 0 Å². The molecule has 0 unspecified atom stereocenters. The fraction of sp³-hybridized carbons (Fsp3) is 0.444. The second kappa shape index (κ2) is 7.24. The Hall–Kier alpha value is -0.190. The summed E-state index contributed by atoms with van der Waals surface area (Å²) in [7, 11) is 0. The first kappa shape index (κ1) is 10.9. The van der Waals surface area contributed by atoms with Crippen molar-refractivity contribution < 1.29 is 4.74 Å². The lowest BCUT2D eigenvalue weighted by atomic mass is 10.5. The van der Waals surface area contributed by atoms with Gasteiger partial charge in [-0.1, -0.05) is 6.07 Å². The molecule has 72 valence electrons. The number of hydrogen-bond donors (Lipinski definition) is 1. The summed E-state index contributed by atoms with van der Waals surface area (Å²) in [5, 5.41) is 1.05. The van der Waals surface area contributed by atoms with Gasteiger partial charge in [0.2, 0.25) is 0 Å². The van der Waals surface area contributed by atoms with Gasteiger partial charge < -0.3 is 4.74 Å². The van der Waals surface area contributed by atoms with E-state index >= 15 is 0 Å². The molecule has 0 spiro atoms. The summed E-state index contributed by atoms with van der Waals surface area (Å²) >= 11 is 5.76. The van der Waals surface area contributed by atoms with E-state index in [0.717, 1.165) is 29.7 Å². The molecule has 4 heteroatoms. The zero-order chi connectivity index (χ0) is 9.36. The second-order valence-electron chi connectivity index (χ2n) is 2.35. The molecule has 0 saturated carbocycles. The molecule has 1 rings (SSSR count). The van der Waals surface area contributed by atoms with Crippen LogP contribution in [0.5, 0.6) is 0 Å². The molecule has 2 nitrogen and oxygen atoms in total. The van der Waals surface area contributed by atoms with Gasteiger partial charge in [-0.2, -0.15) is 12.6 Å². The maximum absolute atomic E-state index is 5.28. The average Bonchev–Trinajstić information content (AvgIpc) is 2.19. The van der Waals surface area contributed by atoms with Crippen molar-refractivity contribution in [1.29, 1.82) is 0 Å². The maximum Gasteiger partial charge on any atom is 0.0960 e. The lowest BCUT2D eigenvalue weighted by Crippen LogP contribution is -2.00. The average molecular weight is 215 g/mol. The summed E-state index contributed by atoms with van der Waals surface area (Å²) in [4.78, 5) is 4.19. The quantitative estimate of drug-likeness (QED) is 0.446. The van der Waals surface area contributed by atoms with Gasteiger partial charge >= 0.3 is 0 Å².